The third kappa shape index (κ3) is 4.85. The van der Waals surface area contributed by atoms with Crippen molar-refractivity contribution in [3.05, 3.63) is 82.1 Å². The molecular weight excluding hydrogens is 393 g/mol. The summed E-state index contributed by atoms with van der Waals surface area (Å²) in [5, 5.41) is 1.32. The van der Waals surface area contributed by atoms with E-state index >= 15 is 0 Å². The third-order valence-electron chi connectivity index (χ3n) is 4.68. The predicted octanol–water partition coefficient (Wildman–Crippen LogP) is 6.36. The van der Waals surface area contributed by atoms with Gasteiger partial charge in [-0.1, -0.05) is 41.4 Å². The van der Waals surface area contributed by atoms with E-state index in [2.05, 4.69) is 11.1 Å². The number of aromatic nitrogens is 1. The van der Waals surface area contributed by atoms with Crippen LogP contribution < -0.4 is 4.74 Å². The summed E-state index contributed by atoms with van der Waals surface area (Å²) in [6.45, 7) is 0.990. The fourth-order valence-corrected chi connectivity index (χ4v) is 3.43. The highest BCUT2D eigenvalue weighted by Crippen LogP contribution is 2.36. The molecule has 0 unspecified atom stereocenters. The molecule has 1 heterocycles. The number of ether oxygens (including phenoxy) is 2. The Hall–Kier alpha value is -2.07. The van der Waals surface area contributed by atoms with E-state index in [0.717, 1.165) is 47.3 Å². The standard InChI is InChI=1S/C23H21Cl2NO2/c24-18-5-8-22(25)17(13-18)15-27-12-10-16-14-26-11-9-20(16)21-3-1-2-4-23(21)28-19-6-7-19/h1-5,8-9,11,13-14,19H,6-7,10,12,15H2. The first kappa shape index (κ1) is 19.3. The van der Waals surface area contributed by atoms with E-state index in [0.29, 0.717) is 29.4 Å². The summed E-state index contributed by atoms with van der Waals surface area (Å²) in [5.41, 5.74) is 4.26. The third-order valence-corrected chi connectivity index (χ3v) is 5.28. The van der Waals surface area contributed by atoms with Crippen LogP contribution >= 0.6 is 23.2 Å². The zero-order valence-corrected chi connectivity index (χ0v) is 16.9. The van der Waals surface area contributed by atoms with E-state index < -0.39 is 0 Å². The van der Waals surface area contributed by atoms with Gasteiger partial charge in [-0.05, 0) is 66.3 Å². The van der Waals surface area contributed by atoms with Crippen molar-refractivity contribution < 1.29 is 9.47 Å². The summed E-state index contributed by atoms with van der Waals surface area (Å²) < 4.78 is 11.9. The Morgan fingerprint density at radius 1 is 0.964 bits per heavy atom. The lowest BCUT2D eigenvalue weighted by Gasteiger charge is -2.14. The van der Waals surface area contributed by atoms with Gasteiger partial charge in [0.05, 0.1) is 19.3 Å². The lowest BCUT2D eigenvalue weighted by Crippen LogP contribution is -2.03. The normalized spacial score (nSPS) is 13.5. The van der Waals surface area contributed by atoms with Crippen molar-refractivity contribution in [3.8, 4) is 16.9 Å². The first-order valence-corrected chi connectivity index (χ1v) is 10.2. The molecule has 4 rings (SSSR count). The quantitative estimate of drug-likeness (QED) is 0.402. The van der Waals surface area contributed by atoms with Gasteiger partial charge in [-0.15, -0.1) is 0 Å². The Bertz CT molecular complexity index is 957. The Balaban J connectivity index is 1.44. The van der Waals surface area contributed by atoms with Gasteiger partial charge >= 0.3 is 0 Å². The van der Waals surface area contributed by atoms with Crippen LogP contribution in [0.4, 0.5) is 0 Å². The van der Waals surface area contributed by atoms with E-state index in [1.807, 2.05) is 42.7 Å². The molecule has 1 aliphatic carbocycles. The van der Waals surface area contributed by atoms with Crippen molar-refractivity contribution >= 4 is 23.2 Å². The van der Waals surface area contributed by atoms with Crippen LogP contribution in [0, 0.1) is 0 Å². The number of hydrogen-bond donors (Lipinski definition) is 0. The van der Waals surface area contributed by atoms with Gasteiger partial charge in [-0.3, -0.25) is 4.98 Å². The predicted molar refractivity (Wildman–Crippen MR) is 113 cm³/mol. The van der Waals surface area contributed by atoms with Crippen molar-refractivity contribution in [1.82, 2.24) is 4.98 Å². The highest BCUT2D eigenvalue weighted by molar-refractivity contribution is 6.33. The minimum atomic E-state index is 0.359. The molecular formula is C23H21Cl2NO2. The number of nitrogens with zero attached hydrogens (tertiary/aromatic N) is 1. The van der Waals surface area contributed by atoms with Gasteiger partial charge in [-0.2, -0.15) is 0 Å². The summed E-state index contributed by atoms with van der Waals surface area (Å²) in [4.78, 5) is 4.30. The lowest BCUT2D eigenvalue weighted by atomic mass is 9.99. The zero-order valence-electron chi connectivity index (χ0n) is 15.4. The van der Waals surface area contributed by atoms with Gasteiger partial charge in [0.25, 0.3) is 0 Å². The van der Waals surface area contributed by atoms with Crippen LogP contribution in [0.5, 0.6) is 5.75 Å². The maximum absolute atomic E-state index is 6.20. The van der Waals surface area contributed by atoms with Crippen molar-refractivity contribution in [2.75, 3.05) is 6.61 Å². The van der Waals surface area contributed by atoms with Crippen LogP contribution in [0.3, 0.4) is 0 Å². The average Bonchev–Trinajstić information content (AvgIpc) is 3.53. The highest BCUT2D eigenvalue weighted by atomic mass is 35.5. The molecule has 0 aliphatic heterocycles. The molecule has 3 aromatic rings. The van der Waals surface area contributed by atoms with Gasteiger partial charge in [-0.25, -0.2) is 0 Å². The second kappa shape index (κ2) is 8.95. The number of pyridine rings is 1. The van der Waals surface area contributed by atoms with E-state index in [4.69, 9.17) is 32.7 Å². The molecule has 0 amide bonds. The first-order chi connectivity index (χ1) is 13.7. The molecule has 1 aromatic heterocycles. The van der Waals surface area contributed by atoms with Crippen molar-refractivity contribution in [1.29, 1.82) is 0 Å². The van der Waals surface area contributed by atoms with Crippen LogP contribution in [0.2, 0.25) is 10.0 Å². The van der Waals surface area contributed by atoms with Crippen LogP contribution in [-0.2, 0) is 17.8 Å². The molecule has 144 valence electrons. The van der Waals surface area contributed by atoms with Crippen LogP contribution in [0.25, 0.3) is 11.1 Å². The second-order valence-corrected chi connectivity index (χ2v) is 7.73. The number of hydrogen-bond acceptors (Lipinski definition) is 3. The van der Waals surface area contributed by atoms with E-state index in [-0.39, 0.29) is 0 Å². The zero-order chi connectivity index (χ0) is 19.3. The summed E-state index contributed by atoms with van der Waals surface area (Å²) in [6.07, 6.45) is 7.10. The van der Waals surface area contributed by atoms with Crippen LogP contribution in [-0.4, -0.2) is 17.7 Å². The van der Waals surface area contributed by atoms with Crippen LogP contribution in [0.15, 0.2) is 60.9 Å². The van der Waals surface area contributed by atoms with Gasteiger partial charge in [0.2, 0.25) is 0 Å². The number of rotatable bonds is 8. The van der Waals surface area contributed by atoms with Crippen molar-refractivity contribution in [2.24, 2.45) is 0 Å². The van der Waals surface area contributed by atoms with Gasteiger partial charge in [0.15, 0.2) is 0 Å². The lowest BCUT2D eigenvalue weighted by molar-refractivity contribution is 0.124. The highest BCUT2D eigenvalue weighted by Gasteiger charge is 2.24. The maximum Gasteiger partial charge on any atom is 0.127 e. The van der Waals surface area contributed by atoms with E-state index in [1.54, 1.807) is 12.1 Å². The average molecular weight is 414 g/mol. The number of benzene rings is 2. The monoisotopic (exact) mass is 413 g/mol. The van der Waals surface area contributed by atoms with Gasteiger partial charge < -0.3 is 9.47 Å². The summed E-state index contributed by atoms with van der Waals surface area (Å²) >= 11 is 12.2. The molecule has 0 spiro atoms. The summed E-state index contributed by atoms with van der Waals surface area (Å²) in [5.74, 6) is 0.934. The van der Waals surface area contributed by atoms with Gasteiger partial charge in [0.1, 0.15) is 5.75 Å². The molecule has 0 atom stereocenters. The molecule has 0 radical (unpaired) electrons. The first-order valence-electron chi connectivity index (χ1n) is 9.41. The number of para-hydroxylation sites is 1. The molecule has 5 heteroatoms. The molecule has 1 aliphatic rings. The van der Waals surface area contributed by atoms with Crippen molar-refractivity contribution in [3.63, 3.8) is 0 Å². The second-order valence-electron chi connectivity index (χ2n) is 6.88. The summed E-state index contributed by atoms with van der Waals surface area (Å²) in [7, 11) is 0. The Morgan fingerprint density at radius 2 is 1.82 bits per heavy atom. The fourth-order valence-electron chi connectivity index (χ4n) is 3.06. The topological polar surface area (TPSA) is 31.4 Å². The van der Waals surface area contributed by atoms with E-state index in [1.165, 1.54) is 0 Å². The molecule has 0 N–H and O–H groups in total. The summed E-state index contributed by atoms with van der Waals surface area (Å²) in [6, 6.07) is 15.6. The van der Waals surface area contributed by atoms with Gasteiger partial charge in [0, 0.05) is 28.0 Å². The molecule has 2 aromatic carbocycles. The largest absolute Gasteiger partial charge is 0.490 e. The maximum atomic E-state index is 6.20. The van der Waals surface area contributed by atoms with Crippen molar-refractivity contribution in [2.45, 2.75) is 32.0 Å². The Kier molecular flexibility index (Phi) is 6.16. The fraction of sp³-hybridized carbons (Fsp3) is 0.261. The molecule has 0 bridgehead atoms. The molecule has 1 saturated carbocycles. The molecule has 3 nitrogen and oxygen atoms in total. The SMILES string of the molecule is Clc1ccc(Cl)c(COCCc2cnccc2-c2ccccc2OC2CC2)c1. The molecule has 0 saturated heterocycles. The Morgan fingerprint density at radius 3 is 2.68 bits per heavy atom. The molecule has 28 heavy (non-hydrogen) atoms. The Labute approximate surface area is 175 Å². The minimum absolute atomic E-state index is 0.359. The smallest absolute Gasteiger partial charge is 0.127 e. The van der Waals surface area contributed by atoms with Crippen LogP contribution in [0.1, 0.15) is 24.0 Å². The van der Waals surface area contributed by atoms with E-state index in [9.17, 15) is 0 Å². The number of halogens is 2. The minimum Gasteiger partial charge on any atom is -0.490 e. The molecule has 1 fully saturated rings.